The van der Waals surface area contributed by atoms with Gasteiger partial charge in [0.2, 0.25) is 0 Å². The normalized spacial score (nSPS) is 14.2. The van der Waals surface area contributed by atoms with Gasteiger partial charge in [-0.25, -0.2) is 0 Å². The summed E-state index contributed by atoms with van der Waals surface area (Å²) in [6.45, 7) is 1.43. The zero-order valence-corrected chi connectivity index (χ0v) is 20.4. The van der Waals surface area contributed by atoms with E-state index in [0.29, 0.717) is 16.7 Å². The standard InChI is InChI=1S/C28H23ClF3NO4/c1-17(27(36,28(30,31)32)24-4-2-3-20-15-33-12-11-23(20)24)22-10-9-21(14-25(22)29)37-16-19-7-5-18(6-8-19)13-26(34)35/h2-12,14-15,17,36H,13,16H2,1H3,(H,34,35)/t17-,27-/m0/s1. The van der Waals surface area contributed by atoms with Crippen LogP contribution in [0.15, 0.2) is 79.1 Å². The van der Waals surface area contributed by atoms with Crippen LogP contribution in [-0.4, -0.2) is 27.3 Å². The van der Waals surface area contributed by atoms with Crippen molar-refractivity contribution in [2.75, 3.05) is 0 Å². The number of hydrogen-bond donors (Lipinski definition) is 2. The van der Waals surface area contributed by atoms with E-state index in [-0.39, 0.29) is 34.6 Å². The molecule has 2 N–H and O–H groups in total. The van der Waals surface area contributed by atoms with Crippen molar-refractivity contribution in [1.82, 2.24) is 4.98 Å². The molecule has 0 amide bonds. The molecule has 1 heterocycles. The van der Waals surface area contributed by atoms with Gasteiger partial charge in [0.1, 0.15) is 12.4 Å². The molecule has 192 valence electrons. The van der Waals surface area contributed by atoms with E-state index in [1.165, 1.54) is 55.7 Å². The first kappa shape index (κ1) is 26.4. The van der Waals surface area contributed by atoms with Gasteiger partial charge >= 0.3 is 12.1 Å². The summed E-state index contributed by atoms with van der Waals surface area (Å²) in [4.78, 5) is 14.8. The van der Waals surface area contributed by atoms with E-state index in [0.717, 1.165) is 5.56 Å². The van der Waals surface area contributed by atoms with Gasteiger partial charge in [-0.05, 0) is 40.3 Å². The largest absolute Gasteiger partial charge is 0.489 e. The number of alkyl halides is 3. The smallest absolute Gasteiger partial charge is 0.422 e. The maximum absolute atomic E-state index is 14.5. The number of aliphatic carboxylic acids is 1. The van der Waals surface area contributed by atoms with Crippen LogP contribution in [0.4, 0.5) is 13.2 Å². The Morgan fingerprint density at radius 3 is 2.41 bits per heavy atom. The van der Waals surface area contributed by atoms with Gasteiger partial charge in [-0.2, -0.15) is 13.2 Å². The van der Waals surface area contributed by atoms with E-state index in [1.807, 2.05) is 0 Å². The molecule has 1 aromatic heterocycles. The van der Waals surface area contributed by atoms with Gasteiger partial charge in [-0.3, -0.25) is 9.78 Å². The van der Waals surface area contributed by atoms with Crippen molar-refractivity contribution in [1.29, 1.82) is 0 Å². The maximum Gasteiger partial charge on any atom is 0.422 e. The van der Waals surface area contributed by atoms with Crippen LogP contribution in [0.2, 0.25) is 5.02 Å². The monoisotopic (exact) mass is 529 g/mol. The lowest BCUT2D eigenvalue weighted by molar-refractivity contribution is -0.274. The van der Waals surface area contributed by atoms with E-state index in [4.69, 9.17) is 21.4 Å². The Morgan fingerprint density at radius 2 is 1.76 bits per heavy atom. The average Bonchev–Trinajstić information content (AvgIpc) is 2.86. The quantitative estimate of drug-likeness (QED) is 0.267. The topological polar surface area (TPSA) is 79.7 Å². The second-order valence-corrected chi connectivity index (χ2v) is 9.15. The number of ether oxygens (including phenoxy) is 1. The molecule has 0 saturated heterocycles. The molecule has 5 nitrogen and oxygen atoms in total. The number of carbonyl (C=O) groups is 1. The fraction of sp³-hybridized carbons (Fsp3) is 0.214. The number of aromatic nitrogens is 1. The third-order valence-electron chi connectivity index (χ3n) is 6.37. The molecule has 0 aliphatic carbocycles. The first-order chi connectivity index (χ1) is 17.5. The van der Waals surface area contributed by atoms with Crippen molar-refractivity contribution in [2.24, 2.45) is 0 Å². The molecule has 0 unspecified atom stereocenters. The summed E-state index contributed by atoms with van der Waals surface area (Å²) < 4.78 is 49.2. The summed E-state index contributed by atoms with van der Waals surface area (Å²) in [7, 11) is 0. The lowest BCUT2D eigenvalue weighted by Crippen LogP contribution is -2.46. The molecule has 3 aromatic carbocycles. The fourth-order valence-electron chi connectivity index (χ4n) is 4.35. The highest BCUT2D eigenvalue weighted by molar-refractivity contribution is 6.31. The van der Waals surface area contributed by atoms with Gasteiger partial charge in [0.15, 0.2) is 5.60 Å². The average molecular weight is 530 g/mol. The molecule has 0 spiro atoms. The summed E-state index contributed by atoms with van der Waals surface area (Å²) in [5, 5.41) is 20.9. The van der Waals surface area contributed by atoms with Crippen molar-refractivity contribution in [2.45, 2.75) is 37.6 Å². The van der Waals surface area contributed by atoms with Crippen molar-refractivity contribution >= 4 is 28.3 Å². The van der Waals surface area contributed by atoms with Crippen molar-refractivity contribution in [3.63, 3.8) is 0 Å². The molecule has 4 rings (SSSR count). The number of carboxylic acids is 1. The Labute approximate surface area is 216 Å². The minimum absolute atomic E-state index is 0.0198. The van der Waals surface area contributed by atoms with Crippen molar-refractivity contribution in [3.8, 4) is 5.75 Å². The SMILES string of the molecule is C[C@@H](c1ccc(OCc2ccc(CC(=O)O)cc2)cc1Cl)[C@](O)(c1cccc2cnccc12)C(F)(F)F. The van der Waals surface area contributed by atoms with Gasteiger partial charge in [-0.1, -0.05) is 67.1 Å². The lowest BCUT2D eigenvalue weighted by atomic mass is 9.76. The number of pyridine rings is 1. The molecule has 0 aliphatic rings. The number of carboxylic acid groups (broad SMARTS) is 1. The molecule has 0 bridgehead atoms. The van der Waals surface area contributed by atoms with Crippen LogP contribution < -0.4 is 4.74 Å². The highest BCUT2D eigenvalue weighted by atomic mass is 35.5. The minimum Gasteiger partial charge on any atom is -0.489 e. The number of nitrogens with zero attached hydrogens (tertiary/aromatic N) is 1. The second kappa shape index (κ2) is 10.4. The predicted octanol–water partition coefficient (Wildman–Crippen LogP) is 6.65. The number of halogens is 4. The third kappa shape index (κ3) is 5.40. The Hall–Kier alpha value is -3.62. The van der Waals surface area contributed by atoms with Crippen LogP contribution in [0.3, 0.4) is 0 Å². The van der Waals surface area contributed by atoms with Gasteiger partial charge in [0.25, 0.3) is 0 Å². The summed E-state index contributed by atoms with van der Waals surface area (Å²) in [5.41, 5.74) is -1.97. The number of benzene rings is 3. The van der Waals surface area contributed by atoms with Crippen LogP contribution in [-0.2, 0) is 23.4 Å². The highest BCUT2D eigenvalue weighted by Gasteiger charge is 2.59. The van der Waals surface area contributed by atoms with Gasteiger partial charge in [0.05, 0.1) is 6.42 Å². The zero-order valence-electron chi connectivity index (χ0n) is 19.7. The molecule has 0 saturated carbocycles. The van der Waals surface area contributed by atoms with Gasteiger partial charge in [-0.15, -0.1) is 0 Å². The predicted molar refractivity (Wildman–Crippen MR) is 134 cm³/mol. The number of fused-ring (bicyclic) bond motifs is 1. The Morgan fingerprint density at radius 1 is 1.05 bits per heavy atom. The molecule has 0 radical (unpaired) electrons. The van der Waals surface area contributed by atoms with Gasteiger partial charge in [0, 0.05) is 34.3 Å². The Bertz CT molecular complexity index is 1420. The molecule has 4 aromatic rings. The lowest BCUT2D eigenvalue weighted by Gasteiger charge is -2.37. The van der Waals surface area contributed by atoms with E-state index in [1.54, 1.807) is 30.3 Å². The third-order valence-corrected chi connectivity index (χ3v) is 6.70. The second-order valence-electron chi connectivity index (χ2n) is 8.75. The summed E-state index contributed by atoms with van der Waals surface area (Å²) in [5.74, 6) is -2.04. The van der Waals surface area contributed by atoms with Crippen LogP contribution >= 0.6 is 11.6 Å². The molecule has 0 aliphatic heterocycles. The Balaban J connectivity index is 1.60. The molecule has 9 heteroatoms. The highest BCUT2D eigenvalue weighted by Crippen LogP contribution is 2.51. The zero-order chi connectivity index (χ0) is 26.8. The maximum atomic E-state index is 14.5. The molecular weight excluding hydrogens is 507 g/mol. The van der Waals surface area contributed by atoms with E-state index < -0.39 is 23.7 Å². The van der Waals surface area contributed by atoms with E-state index in [9.17, 15) is 23.1 Å². The number of rotatable bonds is 8. The molecular formula is C28H23ClF3NO4. The fourth-order valence-corrected chi connectivity index (χ4v) is 4.69. The molecule has 37 heavy (non-hydrogen) atoms. The van der Waals surface area contributed by atoms with Crippen LogP contribution in [0.25, 0.3) is 10.8 Å². The van der Waals surface area contributed by atoms with E-state index >= 15 is 0 Å². The number of aliphatic hydroxyl groups is 1. The summed E-state index contributed by atoms with van der Waals surface area (Å²) in [6, 6.07) is 17.0. The first-order valence-electron chi connectivity index (χ1n) is 11.3. The van der Waals surface area contributed by atoms with Crippen molar-refractivity contribution in [3.05, 3.63) is 106 Å². The van der Waals surface area contributed by atoms with Gasteiger partial charge < -0.3 is 14.9 Å². The summed E-state index contributed by atoms with van der Waals surface area (Å²) in [6.07, 6.45) is -2.27. The summed E-state index contributed by atoms with van der Waals surface area (Å²) >= 11 is 6.41. The Kier molecular flexibility index (Phi) is 7.43. The molecule has 0 fully saturated rings. The number of hydrogen-bond acceptors (Lipinski definition) is 4. The minimum atomic E-state index is -5.00. The van der Waals surface area contributed by atoms with E-state index in [2.05, 4.69) is 4.98 Å². The first-order valence-corrected chi connectivity index (χ1v) is 11.7. The van der Waals surface area contributed by atoms with Crippen molar-refractivity contribution < 1.29 is 32.9 Å². The molecule has 2 atom stereocenters. The van der Waals surface area contributed by atoms with Crippen LogP contribution in [0.5, 0.6) is 5.75 Å². The van der Waals surface area contributed by atoms with Crippen LogP contribution in [0.1, 0.15) is 35.1 Å². The van der Waals surface area contributed by atoms with Crippen LogP contribution in [0, 0.1) is 0 Å².